The Morgan fingerprint density at radius 2 is 2.10 bits per heavy atom. The summed E-state index contributed by atoms with van der Waals surface area (Å²) in [4.78, 5) is 23.8. The molecule has 6 nitrogen and oxygen atoms in total. The molecule has 0 saturated carbocycles. The number of hydrogen-bond donors (Lipinski definition) is 1. The molecule has 0 unspecified atom stereocenters. The van der Waals surface area contributed by atoms with E-state index in [2.05, 4.69) is 0 Å². The normalized spacial score (nSPS) is 17.8. The summed E-state index contributed by atoms with van der Waals surface area (Å²) in [5.41, 5.74) is 0.208. The summed E-state index contributed by atoms with van der Waals surface area (Å²) < 4.78 is 0. The van der Waals surface area contributed by atoms with Gasteiger partial charge >= 0.3 is 5.97 Å². The molecule has 108 valence electrons. The number of aliphatic carboxylic acids is 1. The van der Waals surface area contributed by atoms with Crippen molar-refractivity contribution in [2.75, 3.05) is 18.0 Å². The summed E-state index contributed by atoms with van der Waals surface area (Å²) in [6.45, 7) is 3.12. The van der Waals surface area contributed by atoms with Crippen molar-refractivity contribution in [1.82, 2.24) is 0 Å². The number of carboxylic acids is 1. The highest BCUT2D eigenvalue weighted by Gasteiger charge is 2.39. The van der Waals surface area contributed by atoms with E-state index in [0.717, 1.165) is 5.69 Å². The Morgan fingerprint density at radius 3 is 2.60 bits per heavy atom. The van der Waals surface area contributed by atoms with Crippen LogP contribution in [0.15, 0.2) is 24.3 Å². The van der Waals surface area contributed by atoms with E-state index >= 15 is 0 Å². The van der Waals surface area contributed by atoms with Gasteiger partial charge < -0.3 is 10.0 Å². The second-order valence-corrected chi connectivity index (χ2v) is 5.20. The van der Waals surface area contributed by atoms with Crippen molar-refractivity contribution in [3.05, 3.63) is 34.4 Å². The first kappa shape index (κ1) is 14.3. The number of benzene rings is 1. The molecule has 6 heteroatoms. The number of carboxylic acid groups (broad SMARTS) is 1. The second-order valence-electron chi connectivity index (χ2n) is 5.20. The minimum Gasteiger partial charge on any atom is -0.481 e. The first-order chi connectivity index (χ1) is 9.48. The lowest BCUT2D eigenvalue weighted by molar-refractivity contribution is -0.384. The SMILES string of the molecule is CCC1(C(=O)O)CCN(c2cccc([N+](=O)[O-])c2)CC1. The molecule has 0 radical (unpaired) electrons. The van der Waals surface area contributed by atoms with Crippen LogP contribution in [0.1, 0.15) is 26.2 Å². The molecule has 0 atom stereocenters. The largest absolute Gasteiger partial charge is 0.481 e. The van der Waals surface area contributed by atoms with Gasteiger partial charge in [-0.1, -0.05) is 13.0 Å². The molecule has 1 heterocycles. The molecule has 0 amide bonds. The predicted octanol–water partition coefficient (Wildman–Crippen LogP) is 2.68. The first-order valence-corrected chi connectivity index (χ1v) is 6.71. The quantitative estimate of drug-likeness (QED) is 0.676. The van der Waals surface area contributed by atoms with Crippen LogP contribution in [0.2, 0.25) is 0 Å². The summed E-state index contributed by atoms with van der Waals surface area (Å²) in [6.07, 6.45) is 1.76. The Labute approximate surface area is 117 Å². The van der Waals surface area contributed by atoms with Crippen LogP contribution in [0.4, 0.5) is 11.4 Å². The summed E-state index contributed by atoms with van der Waals surface area (Å²) in [5, 5.41) is 20.1. The topological polar surface area (TPSA) is 83.7 Å². The Bertz CT molecular complexity index is 522. The average Bonchev–Trinajstić information content (AvgIpc) is 2.47. The lowest BCUT2D eigenvalue weighted by Gasteiger charge is -2.39. The molecule has 0 spiro atoms. The smallest absolute Gasteiger partial charge is 0.309 e. The fourth-order valence-electron chi connectivity index (χ4n) is 2.71. The van der Waals surface area contributed by atoms with E-state index in [0.29, 0.717) is 32.4 Å². The molecule has 0 aliphatic carbocycles. The van der Waals surface area contributed by atoms with Crippen LogP contribution >= 0.6 is 0 Å². The number of rotatable bonds is 4. The zero-order valence-corrected chi connectivity index (χ0v) is 11.4. The molecule has 1 aromatic carbocycles. The molecule has 1 N–H and O–H groups in total. The van der Waals surface area contributed by atoms with Gasteiger partial charge in [-0.3, -0.25) is 14.9 Å². The third-order valence-electron chi connectivity index (χ3n) is 4.26. The van der Waals surface area contributed by atoms with E-state index in [4.69, 9.17) is 0 Å². The van der Waals surface area contributed by atoms with E-state index in [9.17, 15) is 20.0 Å². The lowest BCUT2D eigenvalue weighted by Crippen LogP contribution is -2.44. The monoisotopic (exact) mass is 278 g/mol. The van der Waals surface area contributed by atoms with Gasteiger partial charge in [0.1, 0.15) is 0 Å². The number of anilines is 1. The second kappa shape index (κ2) is 5.48. The van der Waals surface area contributed by atoms with Crippen molar-refractivity contribution in [2.24, 2.45) is 5.41 Å². The van der Waals surface area contributed by atoms with Gasteiger partial charge in [-0.2, -0.15) is 0 Å². The summed E-state index contributed by atoms with van der Waals surface area (Å²) >= 11 is 0. The highest BCUT2D eigenvalue weighted by molar-refractivity contribution is 5.75. The Balaban J connectivity index is 2.13. The van der Waals surface area contributed by atoms with Crippen molar-refractivity contribution in [2.45, 2.75) is 26.2 Å². The van der Waals surface area contributed by atoms with Gasteiger partial charge in [-0.05, 0) is 25.3 Å². The molecular formula is C14H18N2O4. The van der Waals surface area contributed by atoms with Crippen LogP contribution in [0.5, 0.6) is 0 Å². The Morgan fingerprint density at radius 1 is 1.45 bits per heavy atom. The number of non-ortho nitro benzene ring substituents is 1. The Kier molecular flexibility index (Phi) is 3.92. The number of nitrogens with zero attached hydrogens (tertiary/aromatic N) is 2. The van der Waals surface area contributed by atoms with Crippen molar-refractivity contribution in [3.8, 4) is 0 Å². The molecule has 1 aliphatic heterocycles. The lowest BCUT2D eigenvalue weighted by atomic mass is 9.76. The predicted molar refractivity (Wildman–Crippen MR) is 74.9 cm³/mol. The van der Waals surface area contributed by atoms with Gasteiger partial charge in [0.05, 0.1) is 10.3 Å². The van der Waals surface area contributed by atoms with E-state index < -0.39 is 16.3 Å². The van der Waals surface area contributed by atoms with Gasteiger partial charge in [0, 0.05) is 30.9 Å². The molecular weight excluding hydrogens is 260 g/mol. The first-order valence-electron chi connectivity index (χ1n) is 6.71. The molecule has 1 fully saturated rings. The van der Waals surface area contributed by atoms with Gasteiger partial charge in [0.25, 0.3) is 5.69 Å². The highest BCUT2D eigenvalue weighted by Crippen LogP contribution is 2.37. The van der Waals surface area contributed by atoms with E-state index in [1.807, 2.05) is 17.9 Å². The molecule has 2 rings (SSSR count). The van der Waals surface area contributed by atoms with E-state index in [1.165, 1.54) is 6.07 Å². The van der Waals surface area contributed by atoms with Crippen molar-refractivity contribution < 1.29 is 14.8 Å². The van der Waals surface area contributed by atoms with E-state index in [-0.39, 0.29) is 5.69 Å². The molecule has 0 aromatic heterocycles. The van der Waals surface area contributed by atoms with Crippen molar-refractivity contribution in [3.63, 3.8) is 0 Å². The zero-order chi connectivity index (χ0) is 14.8. The molecule has 1 saturated heterocycles. The maximum Gasteiger partial charge on any atom is 0.309 e. The summed E-state index contributed by atoms with van der Waals surface area (Å²) in [7, 11) is 0. The van der Waals surface area contributed by atoms with Crippen LogP contribution in [0.3, 0.4) is 0 Å². The minimum absolute atomic E-state index is 0.0630. The number of nitro groups is 1. The van der Waals surface area contributed by atoms with Gasteiger partial charge in [-0.15, -0.1) is 0 Å². The summed E-state index contributed by atoms with van der Waals surface area (Å²) in [5.74, 6) is -0.737. The third-order valence-corrected chi connectivity index (χ3v) is 4.26. The zero-order valence-electron chi connectivity index (χ0n) is 11.4. The maximum absolute atomic E-state index is 11.4. The van der Waals surface area contributed by atoms with Crippen LogP contribution in [0, 0.1) is 15.5 Å². The Hall–Kier alpha value is -2.11. The van der Waals surface area contributed by atoms with E-state index in [1.54, 1.807) is 12.1 Å². The van der Waals surface area contributed by atoms with Crippen LogP contribution in [-0.2, 0) is 4.79 Å². The van der Waals surface area contributed by atoms with Crippen LogP contribution in [-0.4, -0.2) is 29.1 Å². The van der Waals surface area contributed by atoms with Gasteiger partial charge in [-0.25, -0.2) is 0 Å². The van der Waals surface area contributed by atoms with Crippen LogP contribution in [0.25, 0.3) is 0 Å². The fraction of sp³-hybridized carbons (Fsp3) is 0.500. The molecule has 0 bridgehead atoms. The van der Waals surface area contributed by atoms with Crippen LogP contribution < -0.4 is 4.90 Å². The minimum atomic E-state index is -0.737. The number of hydrogen-bond acceptors (Lipinski definition) is 4. The van der Waals surface area contributed by atoms with Gasteiger partial charge in [0.2, 0.25) is 0 Å². The molecule has 1 aliphatic rings. The number of nitro benzene ring substituents is 1. The van der Waals surface area contributed by atoms with Gasteiger partial charge in [0.15, 0.2) is 0 Å². The van der Waals surface area contributed by atoms with Crippen molar-refractivity contribution in [1.29, 1.82) is 0 Å². The molecule has 1 aromatic rings. The van der Waals surface area contributed by atoms with Crippen molar-refractivity contribution >= 4 is 17.3 Å². The standard InChI is InChI=1S/C14H18N2O4/c1-2-14(13(17)18)6-8-15(9-7-14)11-4-3-5-12(10-11)16(19)20/h3-5,10H,2,6-9H2,1H3,(H,17,18). The number of piperidine rings is 1. The summed E-state index contributed by atoms with van der Waals surface area (Å²) in [6, 6.07) is 6.49. The molecule has 20 heavy (non-hydrogen) atoms. The third kappa shape index (κ3) is 2.59. The average molecular weight is 278 g/mol. The number of carbonyl (C=O) groups is 1. The highest BCUT2D eigenvalue weighted by atomic mass is 16.6. The maximum atomic E-state index is 11.4. The fourth-order valence-corrected chi connectivity index (χ4v) is 2.71.